The molecule has 1 rings (SSSR count). The van der Waals surface area contributed by atoms with Gasteiger partial charge in [-0.05, 0) is 6.92 Å². The smallest absolute Gasteiger partial charge is 0.325 e. The van der Waals surface area contributed by atoms with Crippen LogP contribution >= 0.6 is 0 Å². The van der Waals surface area contributed by atoms with Crippen LogP contribution in [0.2, 0.25) is 0 Å². The first-order valence-electron chi connectivity index (χ1n) is 4.33. The second-order valence-electron chi connectivity index (χ2n) is 2.85. The molecule has 82 valence electrons. The lowest BCUT2D eigenvalue weighted by atomic mass is 10.3. The Kier molecular flexibility index (Phi) is 3.78. The molecule has 1 aromatic rings. The molecule has 0 aliphatic carbocycles. The Morgan fingerprint density at radius 3 is 2.87 bits per heavy atom. The summed E-state index contributed by atoms with van der Waals surface area (Å²) in [6.45, 7) is 1.51. The zero-order valence-corrected chi connectivity index (χ0v) is 8.51. The van der Waals surface area contributed by atoms with Crippen LogP contribution < -0.4 is 5.32 Å². The second-order valence-corrected chi connectivity index (χ2v) is 2.85. The van der Waals surface area contributed by atoms with Crippen LogP contribution in [0.25, 0.3) is 0 Å². The van der Waals surface area contributed by atoms with Crippen molar-refractivity contribution in [1.82, 2.24) is 20.1 Å². The van der Waals surface area contributed by atoms with Crippen LogP contribution in [-0.2, 0) is 14.3 Å². The number of methoxy groups -OCH3 is 1. The molecule has 0 spiro atoms. The fraction of sp³-hybridized carbons (Fsp3) is 0.500. The Morgan fingerprint density at radius 1 is 1.60 bits per heavy atom. The van der Waals surface area contributed by atoms with Gasteiger partial charge in [0.25, 0.3) is 0 Å². The van der Waals surface area contributed by atoms with Crippen molar-refractivity contribution in [2.24, 2.45) is 0 Å². The number of esters is 1. The molecule has 1 aromatic heterocycles. The first kappa shape index (κ1) is 11.2. The van der Waals surface area contributed by atoms with Crippen molar-refractivity contribution in [3.63, 3.8) is 0 Å². The summed E-state index contributed by atoms with van der Waals surface area (Å²) in [5.41, 5.74) is 0. The van der Waals surface area contributed by atoms with Gasteiger partial charge in [-0.2, -0.15) is 5.10 Å². The van der Waals surface area contributed by atoms with Gasteiger partial charge in [-0.15, -0.1) is 0 Å². The molecule has 7 nitrogen and oxygen atoms in total. The minimum Gasteiger partial charge on any atom is -0.468 e. The van der Waals surface area contributed by atoms with Gasteiger partial charge in [-0.3, -0.25) is 9.59 Å². The average molecular weight is 212 g/mol. The molecule has 1 N–H and O–H groups in total. The van der Waals surface area contributed by atoms with Crippen LogP contribution in [0.1, 0.15) is 13.0 Å². The van der Waals surface area contributed by atoms with Gasteiger partial charge in [0.05, 0.1) is 7.11 Å². The van der Waals surface area contributed by atoms with Gasteiger partial charge in [-0.25, -0.2) is 9.67 Å². The van der Waals surface area contributed by atoms with Crippen LogP contribution in [0, 0.1) is 0 Å². The van der Waals surface area contributed by atoms with Gasteiger partial charge in [0, 0.05) is 0 Å². The lowest BCUT2D eigenvalue weighted by Crippen LogP contribution is -2.35. The van der Waals surface area contributed by atoms with E-state index in [0.717, 1.165) is 0 Å². The van der Waals surface area contributed by atoms with Crippen molar-refractivity contribution in [1.29, 1.82) is 0 Å². The molecule has 0 fully saturated rings. The van der Waals surface area contributed by atoms with Crippen LogP contribution in [0.5, 0.6) is 0 Å². The number of ether oxygens (including phenoxy) is 1. The molecule has 0 aliphatic heterocycles. The van der Waals surface area contributed by atoms with Crippen LogP contribution in [0.15, 0.2) is 12.7 Å². The number of amides is 1. The van der Waals surface area contributed by atoms with Crippen molar-refractivity contribution in [2.75, 3.05) is 13.7 Å². The summed E-state index contributed by atoms with van der Waals surface area (Å²) in [5, 5.41) is 6.23. The number of rotatable bonds is 4. The molecule has 15 heavy (non-hydrogen) atoms. The molecular formula is C8H12N4O3. The van der Waals surface area contributed by atoms with E-state index in [0.29, 0.717) is 0 Å². The number of nitrogens with one attached hydrogen (secondary N) is 1. The predicted octanol–water partition coefficient (Wildman–Crippen LogP) is -0.872. The van der Waals surface area contributed by atoms with Gasteiger partial charge < -0.3 is 10.1 Å². The number of hydrogen-bond acceptors (Lipinski definition) is 5. The van der Waals surface area contributed by atoms with E-state index in [4.69, 9.17) is 0 Å². The highest BCUT2D eigenvalue weighted by atomic mass is 16.5. The Balaban J connectivity index is 2.44. The number of aromatic nitrogens is 3. The molecule has 1 atom stereocenters. The third kappa shape index (κ3) is 3.04. The van der Waals surface area contributed by atoms with Crippen LogP contribution in [0.4, 0.5) is 0 Å². The zero-order valence-electron chi connectivity index (χ0n) is 8.51. The summed E-state index contributed by atoms with van der Waals surface area (Å²) in [5.74, 6) is -0.806. The summed E-state index contributed by atoms with van der Waals surface area (Å²) in [4.78, 5) is 25.9. The Morgan fingerprint density at radius 2 is 2.33 bits per heavy atom. The van der Waals surface area contributed by atoms with Crippen molar-refractivity contribution in [3.05, 3.63) is 12.7 Å². The molecule has 1 unspecified atom stereocenters. The van der Waals surface area contributed by atoms with E-state index in [2.05, 4.69) is 20.1 Å². The number of nitrogens with zero attached hydrogens (tertiary/aromatic N) is 3. The monoisotopic (exact) mass is 212 g/mol. The highest BCUT2D eigenvalue weighted by Gasteiger charge is 2.15. The standard InChI is InChI=1S/C8H12N4O3/c1-6(12-5-9-4-11-12)8(14)10-3-7(13)15-2/h4-6H,3H2,1-2H3,(H,10,14). The fourth-order valence-electron chi connectivity index (χ4n) is 0.917. The quantitative estimate of drug-likeness (QED) is 0.655. The normalized spacial score (nSPS) is 11.9. The Bertz CT molecular complexity index is 336. The number of carbonyl (C=O) groups is 2. The van der Waals surface area contributed by atoms with Gasteiger partial charge in [-0.1, -0.05) is 0 Å². The maximum atomic E-state index is 11.5. The zero-order chi connectivity index (χ0) is 11.3. The molecule has 0 aliphatic rings. The van der Waals surface area contributed by atoms with E-state index in [1.807, 2.05) is 0 Å². The molecule has 0 bridgehead atoms. The molecule has 0 radical (unpaired) electrons. The topological polar surface area (TPSA) is 86.1 Å². The van der Waals surface area contributed by atoms with E-state index >= 15 is 0 Å². The third-order valence-corrected chi connectivity index (χ3v) is 1.85. The van der Waals surface area contributed by atoms with Gasteiger partial charge in [0.15, 0.2) is 0 Å². The Labute approximate surface area is 86.4 Å². The van der Waals surface area contributed by atoms with E-state index in [1.165, 1.54) is 24.4 Å². The average Bonchev–Trinajstić information content (AvgIpc) is 2.77. The van der Waals surface area contributed by atoms with E-state index in [1.54, 1.807) is 6.92 Å². The summed E-state index contributed by atoms with van der Waals surface area (Å²) >= 11 is 0. The van der Waals surface area contributed by atoms with Gasteiger partial charge >= 0.3 is 5.97 Å². The highest BCUT2D eigenvalue weighted by Crippen LogP contribution is 2.00. The number of hydrogen-bond donors (Lipinski definition) is 1. The number of carbonyl (C=O) groups excluding carboxylic acids is 2. The SMILES string of the molecule is COC(=O)CNC(=O)C(C)n1cncn1. The molecule has 7 heteroatoms. The van der Waals surface area contributed by atoms with Crippen LogP contribution in [-0.4, -0.2) is 40.3 Å². The van der Waals surface area contributed by atoms with Crippen molar-refractivity contribution >= 4 is 11.9 Å². The summed E-state index contributed by atoms with van der Waals surface area (Å²) < 4.78 is 5.78. The first-order valence-corrected chi connectivity index (χ1v) is 4.33. The van der Waals surface area contributed by atoms with E-state index < -0.39 is 12.0 Å². The molecule has 1 amide bonds. The van der Waals surface area contributed by atoms with Crippen molar-refractivity contribution in [2.45, 2.75) is 13.0 Å². The van der Waals surface area contributed by atoms with Crippen molar-refractivity contribution < 1.29 is 14.3 Å². The van der Waals surface area contributed by atoms with E-state index in [9.17, 15) is 9.59 Å². The summed E-state index contributed by atoms with van der Waals surface area (Å²) in [6.07, 6.45) is 2.77. The largest absolute Gasteiger partial charge is 0.468 e. The lowest BCUT2D eigenvalue weighted by Gasteiger charge is -2.10. The van der Waals surface area contributed by atoms with Crippen LogP contribution in [0.3, 0.4) is 0 Å². The molecule has 0 aromatic carbocycles. The third-order valence-electron chi connectivity index (χ3n) is 1.85. The second kappa shape index (κ2) is 5.08. The maximum absolute atomic E-state index is 11.5. The summed E-state index contributed by atoms with van der Waals surface area (Å²) in [6, 6.07) is -0.503. The van der Waals surface area contributed by atoms with Crippen molar-refractivity contribution in [3.8, 4) is 0 Å². The molecule has 1 heterocycles. The maximum Gasteiger partial charge on any atom is 0.325 e. The van der Waals surface area contributed by atoms with Gasteiger partial charge in [0.1, 0.15) is 25.2 Å². The van der Waals surface area contributed by atoms with E-state index in [-0.39, 0.29) is 12.5 Å². The summed E-state index contributed by atoms with van der Waals surface area (Å²) in [7, 11) is 1.26. The molecule has 0 saturated carbocycles. The minimum atomic E-state index is -0.503. The van der Waals surface area contributed by atoms with Gasteiger partial charge in [0.2, 0.25) is 5.91 Å². The first-order chi connectivity index (χ1) is 7.15. The lowest BCUT2D eigenvalue weighted by molar-refractivity contribution is -0.141. The molecule has 0 saturated heterocycles. The fourth-order valence-corrected chi connectivity index (χ4v) is 0.917. The minimum absolute atomic E-state index is 0.144. The Hall–Kier alpha value is -1.92. The highest BCUT2D eigenvalue weighted by molar-refractivity contribution is 5.84. The molecular weight excluding hydrogens is 200 g/mol. The predicted molar refractivity (Wildman–Crippen MR) is 49.8 cm³/mol.